The van der Waals surface area contributed by atoms with Crippen molar-refractivity contribution in [2.45, 2.75) is 33.3 Å². The Kier molecular flexibility index (Phi) is 5.21. The molecule has 134 valence electrons. The normalized spacial score (nSPS) is 15.0. The number of carbonyl (C=O) groups is 2. The summed E-state index contributed by atoms with van der Waals surface area (Å²) in [6.07, 6.45) is 2.25. The summed E-state index contributed by atoms with van der Waals surface area (Å²) >= 11 is 0. The molecule has 4 nitrogen and oxygen atoms in total. The maximum absolute atomic E-state index is 11.9. The van der Waals surface area contributed by atoms with E-state index in [1.807, 2.05) is 50.2 Å². The Morgan fingerprint density at radius 1 is 1.15 bits per heavy atom. The van der Waals surface area contributed by atoms with E-state index < -0.39 is 0 Å². The molecule has 0 saturated carbocycles. The zero-order chi connectivity index (χ0) is 18.7. The Labute approximate surface area is 153 Å². The molecule has 3 rings (SSSR count). The molecule has 0 saturated heterocycles. The molecular weight excluding hydrogens is 326 g/mol. The van der Waals surface area contributed by atoms with Crippen molar-refractivity contribution in [2.24, 2.45) is 0 Å². The molecule has 26 heavy (non-hydrogen) atoms. The van der Waals surface area contributed by atoms with Crippen LogP contribution in [-0.2, 0) is 11.2 Å². The molecule has 0 aliphatic carbocycles. The van der Waals surface area contributed by atoms with Crippen LogP contribution in [0.1, 0.15) is 36.7 Å². The molecule has 0 spiro atoms. The smallest absolute Gasteiger partial charge is 0.244 e. The molecule has 1 heterocycles. The van der Waals surface area contributed by atoms with Crippen molar-refractivity contribution >= 4 is 11.7 Å². The van der Waals surface area contributed by atoms with Crippen LogP contribution in [0.3, 0.4) is 0 Å². The summed E-state index contributed by atoms with van der Waals surface area (Å²) in [6.45, 7) is 5.83. The van der Waals surface area contributed by atoms with Gasteiger partial charge in [-0.3, -0.25) is 9.59 Å². The van der Waals surface area contributed by atoms with Crippen LogP contribution in [0.2, 0.25) is 0 Å². The number of fused-ring (bicyclic) bond motifs is 1. The first-order valence-corrected chi connectivity index (χ1v) is 8.76. The number of ether oxygens (including phenoxy) is 1. The van der Waals surface area contributed by atoms with Crippen molar-refractivity contribution in [2.75, 3.05) is 6.54 Å². The van der Waals surface area contributed by atoms with E-state index in [-0.39, 0.29) is 17.8 Å². The first-order chi connectivity index (χ1) is 12.4. The van der Waals surface area contributed by atoms with Gasteiger partial charge in [-0.2, -0.15) is 0 Å². The van der Waals surface area contributed by atoms with E-state index in [0.717, 1.165) is 40.0 Å². The van der Waals surface area contributed by atoms with Gasteiger partial charge in [-0.05, 0) is 49.6 Å². The highest BCUT2D eigenvalue weighted by Crippen LogP contribution is 2.34. The van der Waals surface area contributed by atoms with Gasteiger partial charge in [-0.1, -0.05) is 35.9 Å². The quantitative estimate of drug-likeness (QED) is 0.657. The van der Waals surface area contributed by atoms with Gasteiger partial charge in [0, 0.05) is 18.1 Å². The third-order valence-electron chi connectivity index (χ3n) is 4.34. The topological polar surface area (TPSA) is 55.4 Å². The average Bonchev–Trinajstić information content (AvgIpc) is 3.01. The number of allylic oxidation sites excluding steroid dienone is 1. The zero-order valence-corrected chi connectivity index (χ0v) is 15.3. The minimum absolute atomic E-state index is 0.0530. The van der Waals surface area contributed by atoms with Crippen LogP contribution in [-0.4, -0.2) is 24.3 Å². The monoisotopic (exact) mass is 349 g/mol. The molecule has 0 fully saturated rings. The van der Waals surface area contributed by atoms with Crippen molar-refractivity contribution in [1.29, 1.82) is 0 Å². The van der Waals surface area contributed by atoms with Crippen molar-refractivity contribution < 1.29 is 14.3 Å². The van der Waals surface area contributed by atoms with Gasteiger partial charge in [0.2, 0.25) is 5.91 Å². The Morgan fingerprint density at radius 3 is 2.65 bits per heavy atom. The second-order valence-electron chi connectivity index (χ2n) is 6.84. The fraction of sp³-hybridized carbons (Fsp3) is 0.273. The summed E-state index contributed by atoms with van der Waals surface area (Å²) < 4.78 is 5.93. The molecule has 1 N–H and O–H groups in total. The van der Waals surface area contributed by atoms with Crippen LogP contribution in [0.5, 0.6) is 5.75 Å². The van der Waals surface area contributed by atoms with Gasteiger partial charge in [-0.15, -0.1) is 0 Å². The van der Waals surface area contributed by atoms with Gasteiger partial charge in [0.1, 0.15) is 11.9 Å². The lowest BCUT2D eigenvalue weighted by atomic mass is 9.95. The summed E-state index contributed by atoms with van der Waals surface area (Å²) in [5.41, 5.74) is 4.72. The summed E-state index contributed by atoms with van der Waals surface area (Å²) in [5.74, 6) is 0.799. The number of nitrogens with one attached hydrogen (secondary N) is 1. The van der Waals surface area contributed by atoms with E-state index in [1.54, 1.807) is 13.0 Å². The molecule has 1 aliphatic heterocycles. The third-order valence-corrected chi connectivity index (χ3v) is 4.34. The Balaban J connectivity index is 1.74. The van der Waals surface area contributed by atoms with Crippen molar-refractivity contribution in [3.8, 4) is 16.9 Å². The molecule has 0 aromatic heterocycles. The Morgan fingerprint density at radius 2 is 1.92 bits per heavy atom. The van der Waals surface area contributed by atoms with E-state index in [1.165, 1.54) is 0 Å². The highest BCUT2D eigenvalue weighted by Gasteiger charge is 2.24. The lowest BCUT2D eigenvalue weighted by molar-refractivity contribution is -0.116. The third kappa shape index (κ3) is 4.02. The van der Waals surface area contributed by atoms with Gasteiger partial charge >= 0.3 is 0 Å². The van der Waals surface area contributed by atoms with Crippen molar-refractivity contribution in [1.82, 2.24) is 5.32 Å². The second kappa shape index (κ2) is 7.56. The number of benzene rings is 2. The number of carbonyl (C=O) groups excluding carboxylic acids is 2. The minimum Gasteiger partial charge on any atom is -0.488 e. The summed E-state index contributed by atoms with van der Waals surface area (Å²) in [5, 5.41) is 2.88. The van der Waals surface area contributed by atoms with E-state index in [0.29, 0.717) is 6.54 Å². The van der Waals surface area contributed by atoms with E-state index >= 15 is 0 Å². The molecule has 1 atom stereocenters. The molecule has 0 bridgehead atoms. The predicted octanol–water partition coefficient (Wildman–Crippen LogP) is 3.94. The van der Waals surface area contributed by atoms with Gasteiger partial charge in [0.25, 0.3) is 0 Å². The molecule has 1 unspecified atom stereocenters. The number of hydrogen-bond acceptors (Lipinski definition) is 3. The average molecular weight is 349 g/mol. The lowest BCUT2D eigenvalue weighted by Gasteiger charge is -2.11. The first kappa shape index (κ1) is 17.9. The number of amides is 1. The maximum atomic E-state index is 11.9. The second-order valence-corrected chi connectivity index (χ2v) is 6.84. The molecule has 2 aromatic carbocycles. The fourth-order valence-corrected chi connectivity index (χ4v) is 3.17. The number of ketones is 1. The number of rotatable bonds is 5. The van der Waals surface area contributed by atoms with Crippen LogP contribution < -0.4 is 10.1 Å². The largest absolute Gasteiger partial charge is 0.488 e. The fourth-order valence-electron chi connectivity index (χ4n) is 3.17. The number of Topliss-reactive ketones (excluding diaryl/α,β-unsaturated/α-hetero) is 1. The first-order valence-electron chi connectivity index (χ1n) is 8.76. The van der Waals surface area contributed by atoms with E-state index in [9.17, 15) is 9.59 Å². The molecule has 2 aromatic rings. The Hall–Kier alpha value is -2.88. The summed E-state index contributed by atoms with van der Waals surface area (Å²) in [6, 6.07) is 13.6. The highest BCUT2D eigenvalue weighted by molar-refractivity contribution is 6.00. The van der Waals surface area contributed by atoms with E-state index in [4.69, 9.17) is 4.74 Å². The van der Waals surface area contributed by atoms with Crippen molar-refractivity contribution in [3.63, 3.8) is 0 Å². The van der Waals surface area contributed by atoms with Crippen LogP contribution in [0.4, 0.5) is 0 Å². The van der Waals surface area contributed by atoms with Crippen LogP contribution >= 0.6 is 0 Å². The van der Waals surface area contributed by atoms with Crippen LogP contribution in [0.15, 0.2) is 54.1 Å². The standard InChI is InChI=1S/C22H23NO3/c1-14(2)10-22(25)23-13-18-12-17-11-16(8-9-21(17)26-18)20-7-5-4-6-19(20)15(3)24/h4-11,18H,12-13H2,1-3H3,(H,23,25). The van der Waals surface area contributed by atoms with Gasteiger partial charge in [0.05, 0.1) is 6.54 Å². The highest BCUT2D eigenvalue weighted by atomic mass is 16.5. The lowest BCUT2D eigenvalue weighted by Crippen LogP contribution is -2.33. The molecule has 0 radical (unpaired) electrons. The SMILES string of the molecule is CC(=O)c1ccccc1-c1ccc2c(c1)CC(CNC(=O)C=C(C)C)O2. The Bertz CT molecular complexity index is 879. The maximum Gasteiger partial charge on any atom is 0.244 e. The predicted molar refractivity (Wildman–Crippen MR) is 102 cm³/mol. The number of hydrogen-bond donors (Lipinski definition) is 1. The van der Waals surface area contributed by atoms with Crippen LogP contribution in [0.25, 0.3) is 11.1 Å². The summed E-state index contributed by atoms with van der Waals surface area (Å²) in [4.78, 5) is 23.6. The zero-order valence-electron chi connectivity index (χ0n) is 15.3. The minimum atomic E-state index is -0.0966. The van der Waals surface area contributed by atoms with Gasteiger partial charge in [-0.25, -0.2) is 0 Å². The molecule has 1 amide bonds. The van der Waals surface area contributed by atoms with Crippen LogP contribution in [0, 0.1) is 0 Å². The van der Waals surface area contributed by atoms with Gasteiger partial charge in [0.15, 0.2) is 5.78 Å². The van der Waals surface area contributed by atoms with Crippen molar-refractivity contribution in [3.05, 3.63) is 65.2 Å². The van der Waals surface area contributed by atoms with Gasteiger partial charge < -0.3 is 10.1 Å². The molecule has 4 heteroatoms. The van der Waals surface area contributed by atoms with E-state index in [2.05, 4.69) is 11.4 Å². The summed E-state index contributed by atoms with van der Waals surface area (Å²) in [7, 11) is 0. The molecular formula is C22H23NO3. The molecule has 1 aliphatic rings.